The zero-order chi connectivity index (χ0) is 35.2. The van der Waals surface area contributed by atoms with E-state index >= 15 is 0 Å². The van der Waals surface area contributed by atoms with Gasteiger partial charge in [-0.25, -0.2) is 0 Å². The summed E-state index contributed by atoms with van der Waals surface area (Å²) in [7, 11) is 0. The standard InChI is InChI=1S/C44H64O2S4/c1-3-5-7-9-11-13-15-17-19-21-23-25-27-35-29-37(43(33-45)47-35)39-31-41-42(49-39)32-40(50-41)38-30-36(48-44(38)34-46)28-26-24-22-20-18-16-14-12-10-8-6-4-2/h29-34H,3-28H2,1-2H3. The molecule has 50 heavy (non-hydrogen) atoms. The van der Waals surface area contributed by atoms with Crippen LogP contribution in [0.2, 0.25) is 0 Å². The van der Waals surface area contributed by atoms with Crippen LogP contribution in [0.5, 0.6) is 0 Å². The second-order valence-electron chi connectivity index (χ2n) is 14.4. The van der Waals surface area contributed by atoms with E-state index in [1.165, 1.54) is 183 Å². The minimum Gasteiger partial charge on any atom is -0.297 e. The van der Waals surface area contributed by atoms with Crippen LogP contribution < -0.4 is 0 Å². The minimum absolute atomic E-state index is 0.858. The van der Waals surface area contributed by atoms with Gasteiger partial charge in [-0.1, -0.05) is 155 Å². The minimum atomic E-state index is 0.858. The number of thiophene rings is 4. The van der Waals surface area contributed by atoms with Crippen molar-refractivity contribution in [2.24, 2.45) is 0 Å². The van der Waals surface area contributed by atoms with Crippen LogP contribution in [0.4, 0.5) is 0 Å². The summed E-state index contributed by atoms with van der Waals surface area (Å²) in [5.41, 5.74) is 2.20. The van der Waals surface area contributed by atoms with Crippen LogP contribution in [0.3, 0.4) is 0 Å². The molecule has 0 radical (unpaired) electrons. The highest BCUT2D eigenvalue weighted by molar-refractivity contribution is 7.31. The zero-order valence-corrected chi connectivity index (χ0v) is 34.6. The van der Waals surface area contributed by atoms with E-state index in [1.54, 1.807) is 45.3 Å². The van der Waals surface area contributed by atoms with Crippen LogP contribution in [0.1, 0.15) is 197 Å². The largest absolute Gasteiger partial charge is 0.297 e. The Bertz CT molecular complexity index is 1360. The van der Waals surface area contributed by atoms with E-state index in [4.69, 9.17) is 0 Å². The maximum atomic E-state index is 12.0. The first-order valence-corrected chi connectivity index (χ1v) is 23.6. The zero-order valence-electron chi connectivity index (χ0n) is 31.3. The molecule has 0 N–H and O–H groups in total. The third-order valence-corrected chi connectivity index (χ3v) is 14.7. The molecule has 0 fully saturated rings. The van der Waals surface area contributed by atoms with Crippen molar-refractivity contribution in [3.63, 3.8) is 0 Å². The number of unbranched alkanes of at least 4 members (excludes halogenated alkanes) is 22. The van der Waals surface area contributed by atoms with Crippen LogP contribution in [0.15, 0.2) is 24.3 Å². The SMILES string of the molecule is CCCCCCCCCCCCCCc1cc(-c2cc3sc(-c4cc(CCCCCCCCCCCCCC)sc4C=O)cc3s2)c(C=O)s1. The van der Waals surface area contributed by atoms with Crippen LogP contribution in [-0.4, -0.2) is 12.6 Å². The molecular formula is C44H64O2S4. The average Bonchev–Trinajstić information content (AvgIpc) is 3.91. The molecular weight excluding hydrogens is 689 g/mol. The lowest BCUT2D eigenvalue weighted by atomic mass is 10.0. The van der Waals surface area contributed by atoms with E-state index in [9.17, 15) is 9.59 Å². The highest BCUT2D eigenvalue weighted by atomic mass is 32.1. The fourth-order valence-electron chi connectivity index (χ4n) is 7.10. The molecule has 0 spiro atoms. The summed E-state index contributed by atoms with van der Waals surface area (Å²) < 4.78 is 2.49. The Morgan fingerprint density at radius 2 is 0.700 bits per heavy atom. The predicted octanol–water partition coefficient (Wildman–Crippen LogP) is 16.5. The molecule has 0 atom stereocenters. The second-order valence-corrected chi connectivity index (χ2v) is 18.9. The third kappa shape index (κ3) is 14.1. The summed E-state index contributed by atoms with van der Waals surface area (Å²) in [5.74, 6) is 0. The molecule has 2 nitrogen and oxygen atoms in total. The number of hydrogen-bond acceptors (Lipinski definition) is 6. The summed E-state index contributed by atoms with van der Waals surface area (Å²) in [6.45, 7) is 4.57. The molecule has 6 heteroatoms. The van der Waals surface area contributed by atoms with E-state index in [1.807, 2.05) is 0 Å². The molecule has 0 bridgehead atoms. The summed E-state index contributed by atoms with van der Waals surface area (Å²) in [4.78, 5) is 30.8. The lowest BCUT2D eigenvalue weighted by Gasteiger charge is -2.02. The summed E-state index contributed by atoms with van der Waals surface area (Å²) in [6, 6.07) is 9.07. The maximum absolute atomic E-state index is 12.0. The molecule has 0 aromatic carbocycles. The molecule has 0 aliphatic carbocycles. The molecule has 0 saturated carbocycles. The van der Waals surface area contributed by atoms with Gasteiger partial charge in [-0.05, 0) is 49.9 Å². The van der Waals surface area contributed by atoms with Gasteiger partial charge in [-0.15, -0.1) is 45.3 Å². The molecule has 0 amide bonds. The Morgan fingerprint density at radius 3 is 1.00 bits per heavy atom. The van der Waals surface area contributed by atoms with Crippen LogP contribution in [-0.2, 0) is 12.8 Å². The van der Waals surface area contributed by atoms with Crippen molar-refractivity contribution >= 4 is 67.3 Å². The molecule has 0 saturated heterocycles. The molecule has 4 aromatic rings. The van der Waals surface area contributed by atoms with Gasteiger partial charge in [0.1, 0.15) is 0 Å². The number of carbonyl (C=O) groups is 2. The van der Waals surface area contributed by atoms with Gasteiger partial charge in [0.05, 0.1) is 9.75 Å². The monoisotopic (exact) mass is 752 g/mol. The van der Waals surface area contributed by atoms with Crippen molar-refractivity contribution < 1.29 is 9.59 Å². The molecule has 4 rings (SSSR count). The Kier molecular flexibility index (Phi) is 20.3. The molecule has 0 aliphatic heterocycles. The highest BCUT2D eigenvalue weighted by Crippen LogP contribution is 2.45. The van der Waals surface area contributed by atoms with Crippen molar-refractivity contribution in [2.45, 2.75) is 181 Å². The van der Waals surface area contributed by atoms with Crippen LogP contribution in [0, 0.1) is 0 Å². The van der Waals surface area contributed by atoms with Crippen LogP contribution >= 0.6 is 45.3 Å². The number of aldehydes is 2. The number of carbonyl (C=O) groups excluding carboxylic acids is 2. The Hall–Kier alpha value is -1.60. The first-order valence-electron chi connectivity index (χ1n) is 20.4. The summed E-state index contributed by atoms with van der Waals surface area (Å²) >= 11 is 6.91. The van der Waals surface area contributed by atoms with E-state index in [0.29, 0.717) is 0 Å². The molecule has 0 unspecified atom stereocenters. The molecule has 4 aromatic heterocycles. The van der Waals surface area contributed by atoms with Gasteiger partial charge in [0.2, 0.25) is 0 Å². The van der Waals surface area contributed by atoms with Gasteiger partial charge < -0.3 is 0 Å². The second kappa shape index (κ2) is 24.6. The van der Waals surface area contributed by atoms with Gasteiger partial charge >= 0.3 is 0 Å². The van der Waals surface area contributed by atoms with Gasteiger partial charge in [0, 0.05) is 40.0 Å². The number of aryl methyl sites for hydroxylation is 2. The van der Waals surface area contributed by atoms with E-state index in [-0.39, 0.29) is 0 Å². The van der Waals surface area contributed by atoms with E-state index in [0.717, 1.165) is 46.3 Å². The Balaban J connectivity index is 1.19. The normalized spacial score (nSPS) is 11.6. The Morgan fingerprint density at radius 1 is 0.400 bits per heavy atom. The lowest BCUT2D eigenvalue weighted by molar-refractivity contribution is 0.111. The van der Waals surface area contributed by atoms with Crippen molar-refractivity contribution in [1.29, 1.82) is 0 Å². The number of fused-ring (bicyclic) bond motifs is 1. The maximum Gasteiger partial charge on any atom is 0.160 e. The topological polar surface area (TPSA) is 34.1 Å². The fraction of sp³-hybridized carbons (Fsp3) is 0.636. The smallest absolute Gasteiger partial charge is 0.160 e. The summed E-state index contributed by atoms with van der Waals surface area (Å²) in [5, 5.41) is 0. The van der Waals surface area contributed by atoms with Crippen molar-refractivity contribution in [3.05, 3.63) is 43.8 Å². The fourth-order valence-corrected chi connectivity index (χ4v) is 11.8. The summed E-state index contributed by atoms with van der Waals surface area (Å²) in [6.07, 6.45) is 36.9. The van der Waals surface area contributed by atoms with Gasteiger partial charge in [-0.3, -0.25) is 9.59 Å². The number of rotatable bonds is 30. The van der Waals surface area contributed by atoms with Crippen molar-refractivity contribution in [1.82, 2.24) is 0 Å². The number of hydrogen-bond donors (Lipinski definition) is 0. The lowest BCUT2D eigenvalue weighted by Crippen LogP contribution is -1.84. The van der Waals surface area contributed by atoms with Crippen LogP contribution in [0.25, 0.3) is 30.3 Å². The van der Waals surface area contributed by atoms with E-state index < -0.39 is 0 Å². The van der Waals surface area contributed by atoms with Gasteiger partial charge in [0.15, 0.2) is 12.6 Å². The van der Waals surface area contributed by atoms with Gasteiger partial charge in [-0.2, -0.15) is 0 Å². The highest BCUT2D eigenvalue weighted by Gasteiger charge is 2.18. The average molecular weight is 753 g/mol. The van der Waals surface area contributed by atoms with Gasteiger partial charge in [0.25, 0.3) is 0 Å². The Labute approximate surface area is 320 Å². The van der Waals surface area contributed by atoms with E-state index in [2.05, 4.69) is 38.1 Å². The van der Waals surface area contributed by atoms with Crippen molar-refractivity contribution in [3.8, 4) is 20.9 Å². The molecule has 0 aliphatic rings. The predicted molar refractivity (Wildman–Crippen MR) is 227 cm³/mol. The molecule has 4 heterocycles. The molecule has 276 valence electrons. The third-order valence-electron chi connectivity index (χ3n) is 10.1. The first kappa shape index (κ1) is 41.2. The first-order chi connectivity index (χ1) is 24.7. The quantitative estimate of drug-likeness (QED) is 0.0393. The van der Waals surface area contributed by atoms with Crippen molar-refractivity contribution in [2.75, 3.05) is 0 Å².